The van der Waals surface area contributed by atoms with Crippen LogP contribution in [0.4, 0.5) is 0 Å². The van der Waals surface area contributed by atoms with E-state index < -0.39 is 5.97 Å². The summed E-state index contributed by atoms with van der Waals surface area (Å²) in [4.78, 5) is 17.3. The summed E-state index contributed by atoms with van der Waals surface area (Å²) >= 11 is 0. The lowest BCUT2D eigenvalue weighted by molar-refractivity contribution is -0.150. The molecule has 0 aliphatic carbocycles. The molecule has 0 N–H and O–H groups in total. The first-order valence-corrected chi connectivity index (χ1v) is 4.90. The fourth-order valence-corrected chi connectivity index (χ4v) is 1.22. The maximum atomic E-state index is 11.3. The largest absolute Gasteiger partial charge is 0.370 e. The highest BCUT2D eigenvalue weighted by atomic mass is 16.7. The zero-order chi connectivity index (χ0) is 11.4. The highest BCUT2D eigenvalue weighted by Crippen LogP contribution is 2.07. The Morgan fingerprint density at radius 2 is 2.25 bits per heavy atom. The van der Waals surface area contributed by atoms with Gasteiger partial charge in [0, 0.05) is 6.61 Å². The molecule has 0 aliphatic rings. The molecule has 16 heavy (non-hydrogen) atoms. The number of carbonyl (C=O) groups excluding carboxylic acids is 1. The number of benzene rings is 1. The van der Waals surface area contributed by atoms with E-state index in [2.05, 4.69) is 10.3 Å². The van der Waals surface area contributed by atoms with Gasteiger partial charge in [0.25, 0.3) is 0 Å². The molecule has 0 aliphatic heterocycles. The molecule has 0 unspecified atom stereocenters. The van der Waals surface area contributed by atoms with Gasteiger partial charge in [-0.05, 0) is 24.3 Å². The van der Waals surface area contributed by atoms with Crippen molar-refractivity contribution in [1.82, 2.24) is 15.2 Å². The van der Waals surface area contributed by atoms with E-state index in [1.807, 2.05) is 12.1 Å². The number of aromatic nitrogens is 3. The predicted molar refractivity (Wildman–Crippen MR) is 55.6 cm³/mol. The summed E-state index contributed by atoms with van der Waals surface area (Å²) in [6, 6.07) is 7.21. The quantitative estimate of drug-likeness (QED) is 0.700. The molecule has 1 aromatic carbocycles. The van der Waals surface area contributed by atoms with Gasteiger partial charge in [-0.25, -0.2) is 4.79 Å². The fraction of sp³-hybridized carbons (Fsp3) is 0.300. The molecule has 0 radical (unpaired) electrons. The molecule has 0 atom stereocenters. The minimum absolute atomic E-state index is 0.0926. The van der Waals surface area contributed by atoms with E-state index in [0.717, 1.165) is 4.85 Å². The molecule has 1 aromatic heterocycles. The Morgan fingerprint density at radius 3 is 3.06 bits per heavy atom. The van der Waals surface area contributed by atoms with Crippen molar-refractivity contribution in [2.45, 2.75) is 6.92 Å². The van der Waals surface area contributed by atoms with Gasteiger partial charge in [0.1, 0.15) is 17.6 Å². The third kappa shape index (κ3) is 2.17. The molecule has 1 heterocycles. The molecule has 84 valence electrons. The van der Waals surface area contributed by atoms with Gasteiger partial charge in [0.05, 0.1) is 0 Å². The Morgan fingerprint density at radius 1 is 1.44 bits per heavy atom. The van der Waals surface area contributed by atoms with Crippen LogP contribution in [0.25, 0.3) is 11.0 Å². The second-order valence-corrected chi connectivity index (χ2v) is 3.05. The predicted octanol–water partition coefficient (Wildman–Crippen LogP) is 0.423. The number of fused-ring (bicyclic) bond motifs is 1. The maximum Gasteiger partial charge on any atom is 0.360 e. The lowest BCUT2D eigenvalue weighted by atomic mass is 10.3. The van der Waals surface area contributed by atoms with Gasteiger partial charge in [-0.3, -0.25) is 0 Å². The average molecular weight is 221 g/mol. The van der Waals surface area contributed by atoms with Crippen LogP contribution in [0, 0.1) is 0 Å². The average Bonchev–Trinajstić information content (AvgIpc) is 2.70. The molecule has 2 rings (SSSR count). The number of hydrogen-bond donors (Lipinski definition) is 0. The molecule has 6 nitrogen and oxygen atoms in total. The van der Waals surface area contributed by atoms with Gasteiger partial charge >= 0.3 is 5.97 Å². The van der Waals surface area contributed by atoms with Gasteiger partial charge in [-0.15, -0.1) is 5.10 Å². The van der Waals surface area contributed by atoms with Crippen LogP contribution in [0.15, 0.2) is 24.3 Å². The third-order valence-electron chi connectivity index (χ3n) is 1.93. The topological polar surface area (TPSA) is 66.2 Å². The van der Waals surface area contributed by atoms with Crippen LogP contribution in [-0.4, -0.2) is 34.3 Å². The van der Waals surface area contributed by atoms with E-state index in [0.29, 0.717) is 17.6 Å². The van der Waals surface area contributed by atoms with Crippen LogP contribution < -0.4 is 4.84 Å². The maximum absolute atomic E-state index is 11.3. The van der Waals surface area contributed by atoms with E-state index in [1.165, 1.54) is 0 Å². The van der Waals surface area contributed by atoms with E-state index >= 15 is 0 Å². The third-order valence-corrected chi connectivity index (χ3v) is 1.93. The van der Waals surface area contributed by atoms with Crippen molar-refractivity contribution in [3.63, 3.8) is 0 Å². The van der Waals surface area contributed by atoms with Gasteiger partial charge < -0.3 is 9.57 Å². The second-order valence-electron chi connectivity index (χ2n) is 3.05. The molecule has 0 spiro atoms. The Hall–Kier alpha value is -1.95. The Balaban J connectivity index is 2.12. The molecule has 2 aromatic rings. The van der Waals surface area contributed by atoms with Crippen molar-refractivity contribution in [2.24, 2.45) is 0 Å². The second kappa shape index (κ2) is 4.71. The zero-order valence-corrected chi connectivity index (χ0v) is 8.79. The van der Waals surface area contributed by atoms with Gasteiger partial charge in [-0.2, -0.15) is 0 Å². The number of nitrogens with zero attached hydrogens (tertiary/aromatic N) is 3. The smallest absolute Gasteiger partial charge is 0.360 e. The van der Waals surface area contributed by atoms with Crippen molar-refractivity contribution in [3.05, 3.63) is 24.3 Å². The zero-order valence-electron chi connectivity index (χ0n) is 8.79. The molecular formula is C10H11N3O3. The number of hydrogen-bond acceptors (Lipinski definition) is 5. The van der Waals surface area contributed by atoms with E-state index in [9.17, 15) is 4.79 Å². The summed E-state index contributed by atoms with van der Waals surface area (Å²) in [7, 11) is 0. The standard InChI is InChI=1S/C10H11N3O3/c1-2-15-7-10(14)16-13-9-6-4-3-5-8(9)11-12-13/h3-6H,2,7H2,1H3. The van der Waals surface area contributed by atoms with Gasteiger partial charge in [0.15, 0.2) is 0 Å². The fourth-order valence-electron chi connectivity index (χ4n) is 1.22. The minimum Gasteiger partial charge on any atom is -0.370 e. The van der Waals surface area contributed by atoms with Crippen molar-refractivity contribution in [1.29, 1.82) is 0 Å². The van der Waals surface area contributed by atoms with Gasteiger partial charge in [-0.1, -0.05) is 17.0 Å². The Kier molecular flexibility index (Phi) is 3.11. The van der Waals surface area contributed by atoms with Crippen molar-refractivity contribution in [3.8, 4) is 0 Å². The van der Waals surface area contributed by atoms with Crippen LogP contribution >= 0.6 is 0 Å². The summed E-state index contributed by atoms with van der Waals surface area (Å²) in [6.07, 6.45) is 0. The van der Waals surface area contributed by atoms with Crippen molar-refractivity contribution in [2.75, 3.05) is 13.2 Å². The number of rotatable bonds is 4. The van der Waals surface area contributed by atoms with E-state index in [-0.39, 0.29) is 6.61 Å². The lowest BCUT2D eigenvalue weighted by Gasteiger charge is -2.02. The van der Waals surface area contributed by atoms with E-state index in [1.54, 1.807) is 19.1 Å². The molecular weight excluding hydrogens is 210 g/mol. The SMILES string of the molecule is CCOCC(=O)On1nnc2ccccc21. The molecule has 0 bridgehead atoms. The number of carbonyl (C=O) groups is 1. The number of para-hydroxylation sites is 1. The first-order chi connectivity index (χ1) is 7.81. The van der Waals surface area contributed by atoms with Crippen LogP contribution in [0.1, 0.15) is 6.92 Å². The monoisotopic (exact) mass is 221 g/mol. The first-order valence-electron chi connectivity index (χ1n) is 4.90. The van der Waals surface area contributed by atoms with Crippen LogP contribution in [0.3, 0.4) is 0 Å². The lowest BCUT2D eigenvalue weighted by Crippen LogP contribution is -2.24. The number of ether oxygens (including phenoxy) is 1. The molecule has 0 saturated carbocycles. The molecule has 0 saturated heterocycles. The van der Waals surface area contributed by atoms with E-state index in [4.69, 9.17) is 9.57 Å². The summed E-state index contributed by atoms with van der Waals surface area (Å²) < 4.78 is 4.92. The summed E-state index contributed by atoms with van der Waals surface area (Å²) in [5.41, 5.74) is 1.32. The van der Waals surface area contributed by atoms with Crippen LogP contribution in [-0.2, 0) is 9.53 Å². The molecule has 0 fully saturated rings. The first kappa shape index (κ1) is 10.6. The Bertz CT molecular complexity index is 495. The van der Waals surface area contributed by atoms with Gasteiger partial charge in [0.2, 0.25) is 0 Å². The molecule has 0 amide bonds. The summed E-state index contributed by atoms with van der Waals surface area (Å²) in [6.45, 7) is 2.18. The summed E-state index contributed by atoms with van der Waals surface area (Å²) in [5.74, 6) is -0.502. The minimum atomic E-state index is -0.502. The normalized spacial score (nSPS) is 10.6. The molecule has 6 heteroatoms. The van der Waals surface area contributed by atoms with Crippen molar-refractivity contribution < 1.29 is 14.4 Å². The van der Waals surface area contributed by atoms with Crippen molar-refractivity contribution >= 4 is 17.0 Å². The van der Waals surface area contributed by atoms with Crippen LogP contribution in [0.5, 0.6) is 0 Å². The highest BCUT2D eigenvalue weighted by molar-refractivity contribution is 5.76. The Labute approximate surface area is 91.7 Å². The highest BCUT2D eigenvalue weighted by Gasteiger charge is 2.09. The summed E-state index contributed by atoms with van der Waals surface area (Å²) in [5, 5.41) is 7.56. The van der Waals surface area contributed by atoms with Crippen LogP contribution in [0.2, 0.25) is 0 Å².